The summed E-state index contributed by atoms with van der Waals surface area (Å²) in [6, 6.07) is 5.46. The molecule has 0 bridgehead atoms. The maximum atomic E-state index is 12.6. The summed E-state index contributed by atoms with van der Waals surface area (Å²) in [5.41, 5.74) is 1.55. The highest BCUT2D eigenvalue weighted by Crippen LogP contribution is 2.26. The van der Waals surface area contributed by atoms with Gasteiger partial charge in [-0.1, -0.05) is 0 Å². The molecule has 6 heteroatoms. The lowest BCUT2D eigenvalue weighted by Crippen LogP contribution is -2.40. The summed E-state index contributed by atoms with van der Waals surface area (Å²) >= 11 is 0. The molecule has 1 aromatic heterocycles. The zero-order chi connectivity index (χ0) is 16.4. The first kappa shape index (κ1) is 15.4. The highest BCUT2D eigenvalue weighted by atomic mass is 16.5. The van der Waals surface area contributed by atoms with Gasteiger partial charge in [0.25, 0.3) is 0 Å². The third kappa shape index (κ3) is 3.16. The summed E-state index contributed by atoms with van der Waals surface area (Å²) in [4.78, 5) is 25.9. The Morgan fingerprint density at radius 3 is 3.09 bits per heavy atom. The normalized spacial score (nSPS) is 18.6. The van der Waals surface area contributed by atoms with Gasteiger partial charge >= 0.3 is 0 Å². The van der Waals surface area contributed by atoms with Crippen molar-refractivity contribution in [1.29, 1.82) is 0 Å². The lowest BCUT2D eigenvalue weighted by Gasteiger charge is -2.26. The van der Waals surface area contributed by atoms with Crippen LogP contribution in [0.25, 0.3) is 11.0 Å². The van der Waals surface area contributed by atoms with E-state index >= 15 is 0 Å². The third-order valence-corrected chi connectivity index (χ3v) is 4.21. The number of methoxy groups -OCH3 is 1. The molecule has 1 N–H and O–H groups in total. The highest BCUT2D eigenvalue weighted by Gasteiger charge is 2.25. The fourth-order valence-electron chi connectivity index (χ4n) is 2.95. The monoisotopic (exact) mass is 316 g/mol. The molecule has 0 aliphatic carbocycles. The van der Waals surface area contributed by atoms with Gasteiger partial charge in [-0.15, -0.1) is 0 Å². The number of furan rings is 1. The second-order valence-electron chi connectivity index (χ2n) is 5.79. The van der Waals surface area contributed by atoms with E-state index in [-0.39, 0.29) is 24.3 Å². The molecule has 1 atom stereocenters. The zero-order valence-corrected chi connectivity index (χ0v) is 13.3. The van der Waals surface area contributed by atoms with Crippen LogP contribution in [0.15, 0.2) is 28.9 Å². The van der Waals surface area contributed by atoms with Gasteiger partial charge < -0.3 is 19.4 Å². The Labute approximate surface area is 134 Å². The van der Waals surface area contributed by atoms with Gasteiger partial charge in [0.05, 0.1) is 19.8 Å². The maximum Gasteiger partial charge on any atom is 0.227 e. The molecule has 0 spiro atoms. The molecule has 2 aromatic rings. The lowest BCUT2D eigenvalue weighted by atomic mass is 10.1. The number of nitrogens with zero attached hydrogens (tertiary/aromatic N) is 1. The molecule has 1 fully saturated rings. The molecule has 0 saturated carbocycles. The Hall–Kier alpha value is -2.50. The number of carbonyl (C=O) groups is 2. The van der Waals surface area contributed by atoms with Crippen LogP contribution in [0.2, 0.25) is 0 Å². The molecule has 1 aliphatic heterocycles. The van der Waals surface area contributed by atoms with E-state index in [0.717, 1.165) is 16.7 Å². The third-order valence-electron chi connectivity index (χ3n) is 4.21. The van der Waals surface area contributed by atoms with E-state index < -0.39 is 0 Å². The Morgan fingerprint density at radius 1 is 1.48 bits per heavy atom. The Balaban J connectivity index is 1.78. The summed E-state index contributed by atoms with van der Waals surface area (Å²) in [6.45, 7) is 2.94. The van der Waals surface area contributed by atoms with Crippen LogP contribution in [0, 0.1) is 0 Å². The lowest BCUT2D eigenvalue weighted by molar-refractivity contribution is -0.132. The summed E-state index contributed by atoms with van der Waals surface area (Å²) in [7, 11) is 1.60. The van der Waals surface area contributed by atoms with Gasteiger partial charge in [0, 0.05) is 42.6 Å². The van der Waals surface area contributed by atoms with Crippen LogP contribution >= 0.6 is 0 Å². The first-order chi connectivity index (χ1) is 11.1. The van der Waals surface area contributed by atoms with Gasteiger partial charge in [-0.3, -0.25) is 9.59 Å². The molecule has 1 aromatic carbocycles. The maximum absolute atomic E-state index is 12.6. The van der Waals surface area contributed by atoms with E-state index in [4.69, 9.17) is 9.15 Å². The number of benzene rings is 1. The second kappa shape index (κ2) is 6.32. The Morgan fingerprint density at radius 2 is 2.30 bits per heavy atom. The highest BCUT2D eigenvalue weighted by molar-refractivity contribution is 5.89. The average Bonchev–Trinajstić information content (AvgIpc) is 2.84. The number of hydrogen-bond acceptors (Lipinski definition) is 4. The van der Waals surface area contributed by atoms with Gasteiger partial charge in [0.2, 0.25) is 11.8 Å². The van der Waals surface area contributed by atoms with Crippen molar-refractivity contribution in [2.75, 3.05) is 20.2 Å². The van der Waals surface area contributed by atoms with Gasteiger partial charge in [0.1, 0.15) is 11.3 Å². The van der Waals surface area contributed by atoms with Crippen LogP contribution in [-0.4, -0.2) is 43.0 Å². The number of carbonyl (C=O) groups excluding carboxylic acids is 2. The fourth-order valence-corrected chi connectivity index (χ4v) is 2.95. The number of hydrogen-bond donors (Lipinski definition) is 1. The number of fused-ring (bicyclic) bond motifs is 1. The molecule has 23 heavy (non-hydrogen) atoms. The van der Waals surface area contributed by atoms with Gasteiger partial charge in [-0.05, 0) is 19.1 Å². The fraction of sp³-hybridized carbons (Fsp3) is 0.412. The van der Waals surface area contributed by atoms with Crippen LogP contribution < -0.4 is 10.1 Å². The molecule has 2 amide bonds. The van der Waals surface area contributed by atoms with Gasteiger partial charge in [-0.2, -0.15) is 0 Å². The Bertz CT molecular complexity index is 737. The van der Waals surface area contributed by atoms with Crippen molar-refractivity contribution >= 4 is 22.8 Å². The van der Waals surface area contributed by atoms with Crippen molar-refractivity contribution in [2.24, 2.45) is 0 Å². The van der Waals surface area contributed by atoms with Crippen LogP contribution in [0.5, 0.6) is 5.75 Å². The van der Waals surface area contributed by atoms with E-state index in [2.05, 4.69) is 5.32 Å². The van der Waals surface area contributed by atoms with Crippen molar-refractivity contribution in [3.63, 3.8) is 0 Å². The first-order valence-corrected chi connectivity index (χ1v) is 7.69. The summed E-state index contributed by atoms with van der Waals surface area (Å²) in [6.07, 6.45) is 2.22. The molecule has 0 radical (unpaired) electrons. The summed E-state index contributed by atoms with van der Waals surface area (Å²) in [5, 5.41) is 3.71. The predicted molar refractivity (Wildman–Crippen MR) is 85.3 cm³/mol. The van der Waals surface area contributed by atoms with E-state index in [1.807, 2.05) is 19.1 Å². The zero-order valence-electron chi connectivity index (χ0n) is 13.3. The van der Waals surface area contributed by atoms with Crippen LogP contribution in [0.1, 0.15) is 18.9 Å². The summed E-state index contributed by atoms with van der Waals surface area (Å²) in [5.74, 6) is 0.719. The summed E-state index contributed by atoms with van der Waals surface area (Å²) < 4.78 is 10.7. The topological polar surface area (TPSA) is 71.8 Å². The Kier molecular flexibility index (Phi) is 4.23. The minimum absolute atomic E-state index is 0.00587. The molecule has 122 valence electrons. The molecule has 1 unspecified atom stereocenters. The largest absolute Gasteiger partial charge is 0.497 e. The number of ether oxygens (including phenoxy) is 1. The first-order valence-electron chi connectivity index (χ1n) is 7.69. The van der Waals surface area contributed by atoms with E-state index in [1.54, 1.807) is 24.3 Å². The second-order valence-corrected chi connectivity index (χ2v) is 5.79. The standard InChI is InChI=1S/C17H20N2O4/c1-11-7-16(20)18-5-6-19(11)17(21)8-12-10-23-15-9-13(22-2)3-4-14(12)15/h3-4,9-11H,5-8H2,1-2H3,(H,18,20). The van der Waals surface area contributed by atoms with Crippen molar-refractivity contribution in [1.82, 2.24) is 10.2 Å². The number of nitrogens with one attached hydrogen (secondary N) is 1. The smallest absolute Gasteiger partial charge is 0.227 e. The molecule has 2 heterocycles. The van der Waals surface area contributed by atoms with Crippen LogP contribution in [0.4, 0.5) is 0 Å². The van der Waals surface area contributed by atoms with Crippen molar-refractivity contribution < 1.29 is 18.7 Å². The van der Waals surface area contributed by atoms with Gasteiger partial charge in [-0.25, -0.2) is 0 Å². The van der Waals surface area contributed by atoms with Crippen LogP contribution in [0.3, 0.4) is 0 Å². The SMILES string of the molecule is COc1ccc2c(CC(=O)N3CCNC(=O)CC3C)coc2c1. The molecular formula is C17H20N2O4. The predicted octanol–water partition coefficient (Wildman–Crippen LogP) is 1.72. The van der Waals surface area contributed by atoms with Crippen LogP contribution in [-0.2, 0) is 16.0 Å². The quantitative estimate of drug-likeness (QED) is 0.936. The van der Waals surface area contributed by atoms with E-state index in [9.17, 15) is 9.59 Å². The van der Waals surface area contributed by atoms with E-state index in [0.29, 0.717) is 25.1 Å². The van der Waals surface area contributed by atoms with Crippen molar-refractivity contribution in [3.05, 3.63) is 30.0 Å². The van der Waals surface area contributed by atoms with E-state index in [1.165, 1.54) is 0 Å². The molecule has 3 rings (SSSR count). The molecular weight excluding hydrogens is 296 g/mol. The minimum Gasteiger partial charge on any atom is -0.497 e. The molecule has 1 aliphatic rings. The molecule has 1 saturated heterocycles. The van der Waals surface area contributed by atoms with Crippen molar-refractivity contribution in [3.8, 4) is 5.75 Å². The van der Waals surface area contributed by atoms with Gasteiger partial charge in [0.15, 0.2) is 0 Å². The number of rotatable bonds is 3. The molecule has 6 nitrogen and oxygen atoms in total. The minimum atomic E-state index is -0.0942. The average molecular weight is 316 g/mol. The number of amides is 2. The van der Waals surface area contributed by atoms with Crippen molar-refractivity contribution in [2.45, 2.75) is 25.8 Å².